The highest BCUT2D eigenvalue weighted by Gasteiger charge is 2.25. The van der Waals surface area contributed by atoms with Gasteiger partial charge in [0.15, 0.2) is 0 Å². The largest absolute Gasteiger partial charge is 0.363 e. The molecular weight excluding hydrogens is 448 g/mol. The van der Waals surface area contributed by atoms with Gasteiger partial charge in [-0.3, -0.25) is 14.9 Å². The molecule has 0 bridgehead atoms. The molecule has 0 aromatic heterocycles. The first-order valence-corrected chi connectivity index (χ1v) is 10.1. The Balaban J connectivity index is 1.88. The molecule has 1 heterocycles. The van der Waals surface area contributed by atoms with Crippen molar-refractivity contribution < 1.29 is 9.72 Å². The molecule has 1 fully saturated rings. The van der Waals surface area contributed by atoms with Crippen LogP contribution in [0.5, 0.6) is 0 Å². The molecule has 148 valence electrons. The summed E-state index contributed by atoms with van der Waals surface area (Å²) in [5, 5.41) is 14.4. The zero-order valence-electron chi connectivity index (χ0n) is 15.3. The summed E-state index contributed by atoms with van der Waals surface area (Å²) in [6, 6.07) is 9.81. The van der Waals surface area contributed by atoms with E-state index in [9.17, 15) is 14.9 Å². The van der Waals surface area contributed by atoms with Crippen molar-refractivity contribution >= 4 is 50.5 Å². The van der Waals surface area contributed by atoms with Gasteiger partial charge in [-0.1, -0.05) is 34.5 Å². The van der Waals surface area contributed by atoms with E-state index in [1.54, 1.807) is 30.3 Å². The minimum atomic E-state index is -0.437. The number of nitro benzene ring substituents is 1. The summed E-state index contributed by atoms with van der Waals surface area (Å²) in [5.41, 5.74) is 1.23. The number of nitro groups is 1. The van der Waals surface area contributed by atoms with Gasteiger partial charge in [-0.25, -0.2) is 0 Å². The average Bonchev–Trinajstić information content (AvgIpc) is 2.69. The summed E-state index contributed by atoms with van der Waals surface area (Å²) in [7, 11) is 0. The summed E-state index contributed by atoms with van der Waals surface area (Å²) < 4.78 is 0.867. The van der Waals surface area contributed by atoms with Crippen molar-refractivity contribution in [2.24, 2.45) is 0 Å². The zero-order valence-corrected chi connectivity index (χ0v) is 17.7. The van der Waals surface area contributed by atoms with E-state index < -0.39 is 4.92 Å². The van der Waals surface area contributed by atoms with Crippen molar-refractivity contribution in [3.05, 3.63) is 61.6 Å². The number of piperazine rings is 1. The predicted molar refractivity (Wildman–Crippen MR) is 115 cm³/mol. The number of halogens is 2. The van der Waals surface area contributed by atoms with Gasteiger partial charge in [0.2, 0.25) is 0 Å². The smallest absolute Gasteiger partial charge is 0.294 e. The Labute approximate surface area is 176 Å². The van der Waals surface area contributed by atoms with Crippen LogP contribution < -0.4 is 10.2 Å². The van der Waals surface area contributed by atoms with Crippen molar-refractivity contribution in [3.8, 4) is 0 Å². The van der Waals surface area contributed by atoms with Gasteiger partial charge in [-0.15, -0.1) is 0 Å². The molecule has 3 rings (SSSR count). The summed E-state index contributed by atoms with van der Waals surface area (Å²) in [6.07, 6.45) is 0. The van der Waals surface area contributed by atoms with Gasteiger partial charge >= 0.3 is 0 Å². The Morgan fingerprint density at radius 2 is 1.86 bits per heavy atom. The first-order chi connectivity index (χ1) is 13.4. The molecule has 1 saturated heterocycles. The standard InChI is InChI=1S/C19H20BrClN4O3/c1-2-23-7-9-24(10-8-23)17-12-16(15(21)11-18(17)25(27)28)22-19(26)13-3-5-14(20)6-4-13/h3-6,11-12H,2,7-10H2,1H3,(H,22,26). The molecule has 1 aliphatic heterocycles. The van der Waals surface area contributed by atoms with Crippen molar-refractivity contribution in [1.29, 1.82) is 0 Å². The number of rotatable bonds is 5. The van der Waals surface area contributed by atoms with Crippen LogP contribution in [0.3, 0.4) is 0 Å². The number of amides is 1. The lowest BCUT2D eigenvalue weighted by Gasteiger charge is -2.35. The van der Waals surface area contributed by atoms with Gasteiger partial charge in [-0.05, 0) is 36.9 Å². The molecule has 2 aromatic carbocycles. The number of benzene rings is 2. The van der Waals surface area contributed by atoms with E-state index in [2.05, 4.69) is 33.1 Å². The van der Waals surface area contributed by atoms with E-state index in [0.29, 0.717) is 30.0 Å². The molecule has 0 radical (unpaired) electrons. The number of nitrogens with one attached hydrogen (secondary N) is 1. The summed E-state index contributed by atoms with van der Waals surface area (Å²) in [6.45, 7) is 6.06. The van der Waals surface area contributed by atoms with Crippen molar-refractivity contribution in [1.82, 2.24) is 4.90 Å². The number of carbonyl (C=O) groups is 1. The maximum Gasteiger partial charge on any atom is 0.294 e. The number of likely N-dealkylation sites (N-methyl/N-ethyl adjacent to an activating group) is 1. The minimum absolute atomic E-state index is 0.0587. The van der Waals surface area contributed by atoms with E-state index in [0.717, 1.165) is 24.1 Å². The van der Waals surface area contributed by atoms with Crippen LogP contribution in [0.1, 0.15) is 17.3 Å². The van der Waals surface area contributed by atoms with E-state index >= 15 is 0 Å². The Bertz CT molecular complexity index is 883. The SMILES string of the molecule is CCN1CCN(c2cc(NC(=O)c3ccc(Br)cc3)c(Cl)cc2[N+](=O)[O-])CC1. The van der Waals surface area contributed by atoms with Crippen molar-refractivity contribution in [2.45, 2.75) is 6.92 Å². The molecule has 0 atom stereocenters. The first-order valence-electron chi connectivity index (χ1n) is 8.91. The molecule has 9 heteroatoms. The maximum atomic E-state index is 12.5. The Morgan fingerprint density at radius 1 is 1.21 bits per heavy atom. The van der Waals surface area contributed by atoms with Crippen LogP contribution in [-0.2, 0) is 0 Å². The van der Waals surface area contributed by atoms with Crippen LogP contribution in [0, 0.1) is 10.1 Å². The van der Waals surface area contributed by atoms with Gasteiger partial charge in [0.1, 0.15) is 5.69 Å². The van der Waals surface area contributed by atoms with E-state index in [1.165, 1.54) is 6.07 Å². The lowest BCUT2D eigenvalue weighted by Crippen LogP contribution is -2.46. The van der Waals surface area contributed by atoms with Crippen molar-refractivity contribution in [2.75, 3.05) is 42.9 Å². The molecule has 0 aliphatic carbocycles. The molecule has 1 aliphatic rings. The van der Waals surface area contributed by atoms with Crippen LogP contribution in [-0.4, -0.2) is 48.5 Å². The molecule has 28 heavy (non-hydrogen) atoms. The second kappa shape index (κ2) is 8.89. The molecule has 0 saturated carbocycles. The fourth-order valence-electron chi connectivity index (χ4n) is 3.15. The van der Waals surface area contributed by atoms with Gasteiger partial charge < -0.3 is 15.1 Å². The van der Waals surface area contributed by atoms with Crippen LogP contribution >= 0.6 is 27.5 Å². The van der Waals surface area contributed by atoms with E-state index in [-0.39, 0.29) is 16.6 Å². The average molecular weight is 468 g/mol. The first kappa shape index (κ1) is 20.6. The highest BCUT2D eigenvalue weighted by Crippen LogP contribution is 2.37. The topological polar surface area (TPSA) is 78.7 Å². The van der Waals surface area contributed by atoms with Crippen LogP contribution in [0.25, 0.3) is 0 Å². The number of nitrogens with zero attached hydrogens (tertiary/aromatic N) is 3. The fourth-order valence-corrected chi connectivity index (χ4v) is 3.62. The molecule has 1 amide bonds. The third-order valence-electron chi connectivity index (χ3n) is 4.78. The quantitative estimate of drug-likeness (QED) is 0.521. The van der Waals surface area contributed by atoms with Crippen LogP contribution in [0.4, 0.5) is 17.1 Å². The summed E-state index contributed by atoms with van der Waals surface area (Å²) in [4.78, 5) is 27.9. The van der Waals surface area contributed by atoms with Gasteiger partial charge in [0.25, 0.3) is 11.6 Å². The molecule has 0 unspecified atom stereocenters. The normalized spacial score (nSPS) is 14.8. The Hall–Kier alpha value is -2.16. The number of hydrogen-bond acceptors (Lipinski definition) is 5. The summed E-state index contributed by atoms with van der Waals surface area (Å²) in [5.74, 6) is -0.329. The second-order valence-electron chi connectivity index (χ2n) is 6.46. The highest BCUT2D eigenvalue weighted by atomic mass is 79.9. The van der Waals surface area contributed by atoms with E-state index in [4.69, 9.17) is 11.6 Å². The van der Waals surface area contributed by atoms with E-state index in [1.807, 2.05) is 4.90 Å². The highest BCUT2D eigenvalue weighted by molar-refractivity contribution is 9.10. The van der Waals surface area contributed by atoms with Gasteiger partial charge in [-0.2, -0.15) is 0 Å². The molecule has 2 aromatic rings. The third kappa shape index (κ3) is 4.63. The Kier molecular flexibility index (Phi) is 6.53. The number of carbonyl (C=O) groups excluding carboxylic acids is 1. The third-order valence-corrected chi connectivity index (χ3v) is 5.62. The van der Waals surface area contributed by atoms with Gasteiger partial charge in [0, 0.05) is 42.3 Å². The summed E-state index contributed by atoms with van der Waals surface area (Å²) >= 11 is 9.57. The minimum Gasteiger partial charge on any atom is -0.363 e. The second-order valence-corrected chi connectivity index (χ2v) is 7.78. The lowest BCUT2D eigenvalue weighted by molar-refractivity contribution is -0.384. The number of anilines is 2. The van der Waals surface area contributed by atoms with Crippen LogP contribution in [0.2, 0.25) is 5.02 Å². The van der Waals surface area contributed by atoms with Crippen LogP contribution in [0.15, 0.2) is 40.9 Å². The molecule has 0 spiro atoms. The molecule has 1 N–H and O–H groups in total. The molecule has 7 nitrogen and oxygen atoms in total. The Morgan fingerprint density at radius 3 is 2.43 bits per heavy atom. The maximum absolute atomic E-state index is 12.5. The monoisotopic (exact) mass is 466 g/mol. The fraction of sp³-hybridized carbons (Fsp3) is 0.316. The number of hydrogen-bond donors (Lipinski definition) is 1. The molecular formula is C19H20BrClN4O3. The lowest BCUT2D eigenvalue weighted by atomic mass is 10.1. The predicted octanol–water partition coefficient (Wildman–Crippen LogP) is 4.40. The zero-order chi connectivity index (χ0) is 20.3. The van der Waals surface area contributed by atoms with Crippen molar-refractivity contribution in [3.63, 3.8) is 0 Å². The van der Waals surface area contributed by atoms with Gasteiger partial charge in [0.05, 0.1) is 15.6 Å².